The van der Waals surface area contributed by atoms with Crippen LogP contribution in [0.4, 0.5) is 9.59 Å². The third-order valence-corrected chi connectivity index (χ3v) is 14.6. The van der Waals surface area contributed by atoms with Gasteiger partial charge in [0.1, 0.15) is 36.8 Å². The van der Waals surface area contributed by atoms with Crippen molar-refractivity contribution in [3.05, 3.63) is 71.8 Å². The number of esters is 1. The summed E-state index contributed by atoms with van der Waals surface area (Å²) in [5.74, 6) is -5.75. The molecule has 70 heavy (non-hydrogen) atoms. The number of Topliss-reactive ketones (excluding diaryl/α,β-unsaturated/α-hetero) is 1. The summed E-state index contributed by atoms with van der Waals surface area (Å²) in [6, 6.07) is 17.1. The summed E-state index contributed by atoms with van der Waals surface area (Å²) in [6.07, 6.45) is -14.2. The zero-order valence-corrected chi connectivity index (χ0v) is 42.7. The van der Waals surface area contributed by atoms with Gasteiger partial charge < -0.3 is 68.0 Å². The number of cyclic esters (lactones) is 1. The van der Waals surface area contributed by atoms with Gasteiger partial charge in [0.15, 0.2) is 18.7 Å². The normalized spacial score (nSPS) is 38.9. The Kier molecular flexibility index (Phi) is 19.4. The number of aliphatic hydroxyl groups is 4. The highest BCUT2D eigenvalue weighted by Crippen LogP contribution is 2.41. The molecule has 2 aromatic rings. The Morgan fingerprint density at radius 1 is 0.786 bits per heavy atom. The van der Waals surface area contributed by atoms with Gasteiger partial charge in [-0.05, 0) is 71.9 Å². The van der Waals surface area contributed by atoms with Crippen LogP contribution in [0.1, 0.15) is 106 Å². The number of ketones is 1. The lowest BCUT2D eigenvalue weighted by Gasteiger charge is -2.49. The third-order valence-electron chi connectivity index (χ3n) is 14.6. The van der Waals surface area contributed by atoms with E-state index in [0.29, 0.717) is 5.56 Å². The minimum atomic E-state index is -2.08. The second kappa shape index (κ2) is 24.0. The van der Waals surface area contributed by atoms with E-state index in [4.69, 9.17) is 42.6 Å². The SMILES string of the molecule is CC[C@H]1OC(=O)[C@H](C)[C@@H](O[C@H]2C[C@@](C)(OC)[C@@H](O)[C@H](C)O2)[C@H](C)[C@@H](O[C@@H]2O[C@H](C)C[C@H](N(C)C(=O)OCc3ccccc3)[C@H]2OC(=O)OCc2ccccc2)[C@](C)(O)C[C@@H](C)C(=O)[C@H](C)[C@@H](O)[C@]1(C)O. The van der Waals surface area contributed by atoms with Gasteiger partial charge in [-0.15, -0.1) is 0 Å². The van der Waals surface area contributed by atoms with Gasteiger partial charge in [0, 0.05) is 38.3 Å². The van der Waals surface area contributed by atoms with Crippen molar-refractivity contribution in [2.75, 3.05) is 14.2 Å². The predicted octanol–water partition coefficient (Wildman–Crippen LogP) is 5.85. The molecule has 0 aliphatic carbocycles. The van der Waals surface area contributed by atoms with E-state index in [0.717, 1.165) is 5.56 Å². The van der Waals surface area contributed by atoms with Crippen LogP contribution < -0.4 is 0 Å². The molecule has 3 aliphatic rings. The summed E-state index contributed by atoms with van der Waals surface area (Å²) in [6.45, 7) is 15.6. The van der Waals surface area contributed by atoms with Crippen LogP contribution >= 0.6 is 0 Å². The molecule has 4 N–H and O–H groups in total. The number of rotatable bonds is 12. The minimum absolute atomic E-state index is 0.00245. The Labute approximate surface area is 412 Å². The number of carbonyl (C=O) groups is 4. The van der Waals surface area contributed by atoms with Crippen LogP contribution in [0.15, 0.2) is 60.7 Å². The lowest BCUT2D eigenvalue weighted by atomic mass is 9.74. The molecule has 18 atom stereocenters. The molecule has 18 heteroatoms. The maximum atomic E-state index is 14.5. The van der Waals surface area contributed by atoms with Crippen molar-refractivity contribution in [3.63, 3.8) is 0 Å². The molecular formula is C52H77NO17. The highest BCUT2D eigenvalue weighted by Gasteiger charge is 2.54. The number of benzene rings is 2. The van der Waals surface area contributed by atoms with Gasteiger partial charge in [-0.3, -0.25) is 9.59 Å². The van der Waals surface area contributed by atoms with Crippen molar-refractivity contribution in [2.24, 2.45) is 23.7 Å². The molecule has 0 unspecified atom stereocenters. The van der Waals surface area contributed by atoms with Crippen molar-refractivity contribution >= 4 is 24.0 Å². The molecule has 3 fully saturated rings. The van der Waals surface area contributed by atoms with Gasteiger partial charge in [0.25, 0.3) is 0 Å². The van der Waals surface area contributed by atoms with Crippen LogP contribution in [0.3, 0.4) is 0 Å². The van der Waals surface area contributed by atoms with Crippen LogP contribution in [0.2, 0.25) is 0 Å². The first-order chi connectivity index (χ1) is 32.8. The average molecular weight is 988 g/mol. The van der Waals surface area contributed by atoms with E-state index < -0.39 is 132 Å². The first-order valence-corrected chi connectivity index (χ1v) is 24.4. The summed E-state index contributed by atoms with van der Waals surface area (Å²) in [7, 11) is 2.95. The maximum absolute atomic E-state index is 14.5. The van der Waals surface area contributed by atoms with Gasteiger partial charge in [-0.2, -0.15) is 0 Å². The molecule has 0 saturated carbocycles. The Morgan fingerprint density at radius 3 is 1.94 bits per heavy atom. The summed E-state index contributed by atoms with van der Waals surface area (Å²) < 4.78 is 55.5. The van der Waals surface area contributed by atoms with E-state index in [1.54, 1.807) is 72.7 Å². The summed E-state index contributed by atoms with van der Waals surface area (Å²) in [5.41, 5.74) is -3.83. The Morgan fingerprint density at radius 2 is 1.37 bits per heavy atom. The fraction of sp³-hybridized carbons (Fsp3) is 0.692. The highest BCUT2D eigenvalue weighted by molar-refractivity contribution is 5.83. The fourth-order valence-electron chi connectivity index (χ4n) is 10.2. The zero-order valence-electron chi connectivity index (χ0n) is 42.7. The monoisotopic (exact) mass is 988 g/mol. The van der Waals surface area contributed by atoms with E-state index >= 15 is 0 Å². The summed E-state index contributed by atoms with van der Waals surface area (Å²) >= 11 is 0. The van der Waals surface area contributed by atoms with Crippen LogP contribution in [0.25, 0.3) is 0 Å². The Hall–Kier alpha value is -4.24. The van der Waals surface area contributed by atoms with Crippen molar-refractivity contribution in [2.45, 2.75) is 192 Å². The van der Waals surface area contributed by atoms with Crippen LogP contribution in [-0.4, -0.2) is 148 Å². The van der Waals surface area contributed by atoms with Crippen molar-refractivity contribution in [1.29, 1.82) is 0 Å². The summed E-state index contributed by atoms with van der Waals surface area (Å²) in [4.78, 5) is 57.6. The van der Waals surface area contributed by atoms with Crippen molar-refractivity contribution in [3.8, 4) is 0 Å². The van der Waals surface area contributed by atoms with Crippen molar-refractivity contribution in [1.82, 2.24) is 4.90 Å². The molecule has 3 saturated heterocycles. The standard InChI is InChI=1S/C52H77NO17/c1-13-38-52(10,61)43(55)31(4)40(54)29(2)25-50(8,60)45(32(5)41(33(6)46(57)67-38)68-39-26-51(9,62-12)44(56)34(7)66-39)70-47-42(69-49(59)64-28-36-22-18-15-19-23-36)37(24-30(3)65-47)53(11)48(58)63-27-35-20-16-14-17-21-35/h14-23,29-34,37-39,41-45,47,55-56,60-61H,13,24-28H2,1-12H3/t29-,30-,31+,32+,33-,34+,37+,38-,39+,41+,42-,43-,44+,45-,47+,50-,51-,52-/m1/s1. The fourth-order valence-corrected chi connectivity index (χ4v) is 10.2. The number of aliphatic hydroxyl groups excluding tert-OH is 2. The number of amides is 1. The number of likely N-dealkylation sites (N-methyl/N-ethyl adjacent to an activating group) is 1. The first-order valence-electron chi connectivity index (χ1n) is 24.4. The number of hydrogen-bond donors (Lipinski definition) is 4. The zero-order chi connectivity index (χ0) is 51.9. The molecule has 0 bridgehead atoms. The largest absolute Gasteiger partial charge is 0.509 e. The molecule has 0 radical (unpaired) electrons. The molecule has 392 valence electrons. The van der Waals surface area contributed by atoms with Gasteiger partial charge in [0.2, 0.25) is 0 Å². The number of hydrogen-bond acceptors (Lipinski definition) is 17. The van der Waals surface area contributed by atoms with Crippen LogP contribution in [0, 0.1) is 23.7 Å². The van der Waals surface area contributed by atoms with Gasteiger partial charge in [-0.1, -0.05) is 88.4 Å². The molecule has 5 rings (SSSR count). The molecule has 3 aliphatic heterocycles. The molecular weight excluding hydrogens is 911 g/mol. The molecule has 1 amide bonds. The van der Waals surface area contributed by atoms with E-state index in [2.05, 4.69) is 0 Å². The molecule has 0 aromatic heterocycles. The third kappa shape index (κ3) is 13.4. The van der Waals surface area contributed by atoms with Crippen LogP contribution in [-0.2, 0) is 65.4 Å². The number of methoxy groups -OCH3 is 1. The smallest absolute Gasteiger partial charge is 0.459 e. The van der Waals surface area contributed by atoms with Gasteiger partial charge >= 0.3 is 18.2 Å². The number of nitrogens with zero attached hydrogens (tertiary/aromatic N) is 1. The second-order valence-corrected chi connectivity index (χ2v) is 20.3. The quantitative estimate of drug-likeness (QED) is 0.144. The minimum Gasteiger partial charge on any atom is -0.459 e. The van der Waals surface area contributed by atoms with Crippen LogP contribution in [0.5, 0.6) is 0 Å². The van der Waals surface area contributed by atoms with E-state index in [1.807, 2.05) is 36.4 Å². The molecule has 3 heterocycles. The number of carbonyl (C=O) groups excluding carboxylic acids is 4. The van der Waals surface area contributed by atoms with E-state index in [1.165, 1.54) is 39.8 Å². The van der Waals surface area contributed by atoms with E-state index in [9.17, 15) is 39.6 Å². The van der Waals surface area contributed by atoms with Gasteiger partial charge in [0.05, 0.1) is 53.7 Å². The Bertz CT molecular complexity index is 2020. The molecule has 2 aromatic carbocycles. The predicted molar refractivity (Wildman–Crippen MR) is 252 cm³/mol. The lowest BCUT2D eigenvalue weighted by Crippen LogP contribution is -2.62. The van der Waals surface area contributed by atoms with Gasteiger partial charge in [-0.25, -0.2) is 9.59 Å². The number of ether oxygens (including phenoxy) is 9. The maximum Gasteiger partial charge on any atom is 0.509 e. The summed E-state index contributed by atoms with van der Waals surface area (Å²) in [5, 5.41) is 47.4. The molecule has 0 spiro atoms. The van der Waals surface area contributed by atoms with Crippen molar-refractivity contribution < 1.29 is 82.2 Å². The van der Waals surface area contributed by atoms with E-state index in [-0.39, 0.29) is 38.9 Å². The molecule has 18 nitrogen and oxygen atoms in total. The second-order valence-electron chi connectivity index (χ2n) is 20.3. The topological polar surface area (TPSA) is 236 Å². The lowest BCUT2D eigenvalue weighted by molar-refractivity contribution is -0.318. The average Bonchev–Trinajstić information content (AvgIpc) is 3.33. The first kappa shape index (κ1) is 56.7. The highest BCUT2D eigenvalue weighted by atomic mass is 16.8. The Balaban J connectivity index is 1.61.